The molecule has 0 amide bonds. The van der Waals surface area contributed by atoms with Crippen molar-refractivity contribution >= 4 is 5.78 Å². The Labute approximate surface area is 120 Å². The van der Waals surface area contributed by atoms with Crippen LogP contribution in [0.4, 0.5) is 0 Å². The molecule has 4 aliphatic rings. The standard InChI is InChI=1S/C17H24N2O/c1-2-3-19-10-15(9-18-19)17(20)16-13-5-11-4-12(7-13)8-14(16)6-11/h9-14,16H,2-8H2,1H3. The Bertz CT molecular complexity index is 491. The summed E-state index contributed by atoms with van der Waals surface area (Å²) in [5, 5.41) is 4.34. The van der Waals surface area contributed by atoms with Crippen LogP contribution in [-0.4, -0.2) is 15.6 Å². The Balaban J connectivity index is 1.56. The van der Waals surface area contributed by atoms with Gasteiger partial charge in [0.1, 0.15) is 0 Å². The number of Topliss-reactive ketones (excluding diaryl/α,β-unsaturated/α-hetero) is 1. The van der Waals surface area contributed by atoms with Gasteiger partial charge < -0.3 is 0 Å². The average Bonchev–Trinajstić information content (AvgIpc) is 2.86. The summed E-state index contributed by atoms with van der Waals surface area (Å²) in [7, 11) is 0. The molecule has 0 N–H and O–H groups in total. The summed E-state index contributed by atoms with van der Waals surface area (Å²) in [4.78, 5) is 12.9. The monoisotopic (exact) mass is 272 g/mol. The molecule has 3 nitrogen and oxygen atoms in total. The van der Waals surface area contributed by atoms with Crippen LogP contribution in [0.15, 0.2) is 12.4 Å². The molecule has 3 heteroatoms. The smallest absolute Gasteiger partial charge is 0.169 e. The van der Waals surface area contributed by atoms with Gasteiger partial charge >= 0.3 is 0 Å². The molecular weight excluding hydrogens is 248 g/mol. The van der Waals surface area contributed by atoms with E-state index in [2.05, 4.69) is 12.0 Å². The van der Waals surface area contributed by atoms with E-state index in [1.165, 1.54) is 32.1 Å². The van der Waals surface area contributed by atoms with E-state index in [-0.39, 0.29) is 0 Å². The van der Waals surface area contributed by atoms with Crippen LogP contribution in [0.25, 0.3) is 0 Å². The third-order valence-electron chi connectivity index (χ3n) is 5.90. The lowest BCUT2D eigenvalue weighted by Gasteiger charge is -2.53. The van der Waals surface area contributed by atoms with Gasteiger partial charge in [0.2, 0.25) is 0 Å². The van der Waals surface area contributed by atoms with Crippen molar-refractivity contribution in [2.45, 2.75) is 52.0 Å². The second-order valence-corrected chi connectivity index (χ2v) is 7.31. The molecule has 0 unspecified atom stereocenters. The predicted molar refractivity (Wildman–Crippen MR) is 77.4 cm³/mol. The summed E-state index contributed by atoms with van der Waals surface area (Å²) in [5.41, 5.74) is 0.857. The average molecular weight is 272 g/mol. The minimum Gasteiger partial charge on any atom is -0.294 e. The van der Waals surface area contributed by atoms with Gasteiger partial charge in [-0.15, -0.1) is 0 Å². The summed E-state index contributed by atoms with van der Waals surface area (Å²) in [5.74, 6) is 3.92. The number of rotatable bonds is 4. The normalized spacial score (nSPS) is 38.4. The molecule has 1 aromatic heterocycles. The highest BCUT2D eigenvalue weighted by Crippen LogP contribution is 2.57. The van der Waals surface area contributed by atoms with Crippen LogP contribution in [0.5, 0.6) is 0 Å². The molecule has 0 spiro atoms. The molecule has 0 aromatic carbocycles. The Morgan fingerprint density at radius 3 is 2.45 bits per heavy atom. The Morgan fingerprint density at radius 2 is 1.85 bits per heavy atom. The summed E-state index contributed by atoms with van der Waals surface area (Å²) in [6, 6.07) is 0. The van der Waals surface area contributed by atoms with Crippen molar-refractivity contribution in [3.05, 3.63) is 18.0 Å². The number of ketones is 1. The maximum Gasteiger partial charge on any atom is 0.169 e. The zero-order valence-corrected chi connectivity index (χ0v) is 12.3. The lowest BCUT2D eigenvalue weighted by Crippen LogP contribution is -2.47. The van der Waals surface area contributed by atoms with Crippen LogP contribution in [0.2, 0.25) is 0 Å². The van der Waals surface area contributed by atoms with Gasteiger partial charge in [0.25, 0.3) is 0 Å². The topological polar surface area (TPSA) is 34.9 Å². The fourth-order valence-electron chi connectivity index (χ4n) is 5.39. The summed E-state index contributed by atoms with van der Waals surface area (Å²) in [6.07, 6.45) is 11.5. The molecule has 1 heterocycles. The van der Waals surface area contributed by atoms with Crippen LogP contribution < -0.4 is 0 Å². The van der Waals surface area contributed by atoms with Crippen LogP contribution in [0, 0.1) is 29.6 Å². The van der Waals surface area contributed by atoms with Gasteiger partial charge in [0.15, 0.2) is 5.78 Å². The summed E-state index contributed by atoms with van der Waals surface area (Å²) < 4.78 is 1.92. The maximum atomic E-state index is 12.9. The number of nitrogens with zero attached hydrogens (tertiary/aromatic N) is 2. The van der Waals surface area contributed by atoms with Crippen molar-refractivity contribution in [3.8, 4) is 0 Å². The highest BCUT2D eigenvalue weighted by Gasteiger charge is 2.50. The molecule has 1 aromatic rings. The van der Waals surface area contributed by atoms with Crippen LogP contribution in [0.1, 0.15) is 55.8 Å². The third kappa shape index (κ3) is 1.94. The fraction of sp³-hybridized carbons (Fsp3) is 0.765. The van der Waals surface area contributed by atoms with Crippen LogP contribution in [0.3, 0.4) is 0 Å². The minimum atomic E-state index is 0.307. The number of aromatic nitrogens is 2. The molecular formula is C17H24N2O. The van der Waals surface area contributed by atoms with E-state index < -0.39 is 0 Å². The van der Waals surface area contributed by atoms with Gasteiger partial charge in [-0.05, 0) is 62.2 Å². The van der Waals surface area contributed by atoms with Crippen molar-refractivity contribution in [2.24, 2.45) is 29.6 Å². The quantitative estimate of drug-likeness (QED) is 0.786. The van der Waals surface area contributed by atoms with Crippen molar-refractivity contribution in [1.29, 1.82) is 0 Å². The predicted octanol–water partition coefficient (Wildman–Crippen LogP) is 3.55. The fourth-order valence-corrected chi connectivity index (χ4v) is 5.39. The molecule has 0 aliphatic heterocycles. The molecule has 20 heavy (non-hydrogen) atoms. The van der Waals surface area contributed by atoms with E-state index >= 15 is 0 Å². The first-order chi connectivity index (χ1) is 9.74. The van der Waals surface area contributed by atoms with Gasteiger partial charge in [-0.1, -0.05) is 6.92 Å². The molecule has 0 atom stereocenters. The minimum absolute atomic E-state index is 0.307. The van der Waals surface area contributed by atoms with Gasteiger partial charge in [0.05, 0.1) is 11.8 Å². The van der Waals surface area contributed by atoms with E-state index in [9.17, 15) is 4.79 Å². The van der Waals surface area contributed by atoms with E-state index in [4.69, 9.17) is 0 Å². The lowest BCUT2D eigenvalue weighted by molar-refractivity contribution is -0.0251. The number of hydrogen-bond acceptors (Lipinski definition) is 2. The molecule has 5 rings (SSSR count). The second-order valence-electron chi connectivity index (χ2n) is 7.31. The molecule has 108 valence electrons. The second kappa shape index (κ2) is 4.71. The largest absolute Gasteiger partial charge is 0.294 e. The molecule has 0 radical (unpaired) electrons. The van der Waals surface area contributed by atoms with Crippen molar-refractivity contribution in [1.82, 2.24) is 9.78 Å². The Hall–Kier alpha value is -1.12. The lowest BCUT2D eigenvalue weighted by atomic mass is 9.51. The van der Waals surface area contributed by atoms with Gasteiger partial charge in [0, 0.05) is 18.7 Å². The van der Waals surface area contributed by atoms with Crippen molar-refractivity contribution < 1.29 is 4.79 Å². The summed E-state index contributed by atoms with van der Waals surface area (Å²) in [6.45, 7) is 3.05. The Morgan fingerprint density at radius 1 is 1.20 bits per heavy atom. The van der Waals surface area contributed by atoms with Gasteiger partial charge in [-0.2, -0.15) is 5.10 Å². The number of carbonyl (C=O) groups excluding carboxylic acids is 1. The van der Waals surface area contributed by atoms with Crippen LogP contribution in [-0.2, 0) is 6.54 Å². The molecule has 4 fully saturated rings. The Kier molecular flexibility index (Phi) is 2.97. The van der Waals surface area contributed by atoms with Crippen LogP contribution >= 0.6 is 0 Å². The van der Waals surface area contributed by atoms with Crippen molar-refractivity contribution in [3.63, 3.8) is 0 Å². The SMILES string of the molecule is CCCn1cc(C(=O)C2C3CC4CC(C3)CC2C4)cn1. The zero-order valence-electron chi connectivity index (χ0n) is 12.3. The third-order valence-corrected chi connectivity index (χ3v) is 5.90. The van der Waals surface area contributed by atoms with E-state index in [1.807, 2.05) is 10.9 Å². The van der Waals surface area contributed by atoms with E-state index in [0.717, 1.165) is 30.4 Å². The first kappa shape index (κ1) is 12.6. The number of carbonyl (C=O) groups is 1. The molecule has 4 bridgehead atoms. The van der Waals surface area contributed by atoms with E-state index in [1.54, 1.807) is 6.20 Å². The zero-order chi connectivity index (χ0) is 13.7. The molecule has 4 saturated carbocycles. The van der Waals surface area contributed by atoms with Gasteiger partial charge in [-0.25, -0.2) is 0 Å². The maximum absolute atomic E-state index is 12.9. The highest BCUT2D eigenvalue weighted by atomic mass is 16.1. The number of aryl methyl sites for hydroxylation is 1. The van der Waals surface area contributed by atoms with Gasteiger partial charge in [-0.3, -0.25) is 9.48 Å². The molecule has 0 saturated heterocycles. The molecule has 4 aliphatic carbocycles. The number of hydrogen-bond donors (Lipinski definition) is 0. The highest BCUT2D eigenvalue weighted by molar-refractivity contribution is 5.98. The van der Waals surface area contributed by atoms with Crippen molar-refractivity contribution in [2.75, 3.05) is 0 Å². The van der Waals surface area contributed by atoms with E-state index in [0.29, 0.717) is 23.5 Å². The first-order valence-corrected chi connectivity index (χ1v) is 8.31. The first-order valence-electron chi connectivity index (χ1n) is 8.31. The summed E-state index contributed by atoms with van der Waals surface area (Å²) >= 11 is 0.